The van der Waals surface area contributed by atoms with Crippen molar-refractivity contribution in [3.05, 3.63) is 35.3 Å². The summed E-state index contributed by atoms with van der Waals surface area (Å²) in [4.78, 5) is 13.8. The topological polar surface area (TPSA) is 84.0 Å². The quantitative estimate of drug-likeness (QED) is 0.574. The van der Waals surface area contributed by atoms with Crippen LogP contribution in [0.2, 0.25) is 0 Å². The number of rotatable bonds is 5. The van der Waals surface area contributed by atoms with Crippen LogP contribution < -0.4 is 5.32 Å². The molecule has 0 radical (unpaired) electrons. The maximum atomic E-state index is 5.97. The molecule has 2 aromatic rings. The van der Waals surface area contributed by atoms with Crippen molar-refractivity contribution in [2.24, 2.45) is 18.0 Å². The van der Waals surface area contributed by atoms with Crippen molar-refractivity contribution >= 4 is 5.96 Å². The zero-order chi connectivity index (χ0) is 21.8. The molecule has 0 aromatic carbocycles. The Bertz CT molecular complexity index is 863. The standard InChI is InChI=1S/C22H35N7O2/c1-16-17(2)31-21(26-16)15-28-7-5-18(6-8-28)11-24-22(23-3)29-9-10-30-20(14-29)19-12-25-27(4)13-19/h12-13,18,20H,5-11,14-15H2,1-4H3,(H,23,24). The van der Waals surface area contributed by atoms with Crippen LogP contribution in [0.4, 0.5) is 0 Å². The van der Waals surface area contributed by atoms with Gasteiger partial charge in [-0.1, -0.05) is 0 Å². The van der Waals surface area contributed by atoms with E-state index in [1.54, 1.807) is 0 Å². The van der Waals surface area contributed by atoms with E-state index in [1.807, 2.05) is 45.0 Å². The predicted molar refractivity (Wildman–Crippen MR) is 119 cm³/mol. The van der Waals surface area contributed by atoms with Gasteiger partial charge < -0.3 is 19.4 Å². The summed E-state index contributed by atoms with van der Waals surface area (Å²) >= 11 is 0. The summed E-state index contributed by atoms with van der Waals surface area (Å²) < 4.78 is 13.5. The van der Waals surface area contributed by atoms with E-state index in [0.717, 1.165) is 68.1 Å². The smallest absolute Gasteiger partial charge is 0.208 e. The first-order valence-electron chi connectivity index (χ1n) is 11.2. The third kappa shape index (κ3) is 5.46. The highest BCUT2D eigenvalue weighted by Gasteiger charge is 2.26. The van der Waals surface area contributed by atoms with E-state index in [1.165, 1.54) is 12.8 Å². The van der Waals surface area contributed by atoms with Gasteiger partial charge in [0.15, 0.2) is 5.96 Å². The summed E-state index contributed by atoms with van der Waals surface area (Å²) in [7, 11) is 3.79. The van der Waals surface area contributed by atoms with E-state index < -0.39 is 0 Å². The minimum atomic E-state index is 0.0340. The Kier molecular flexibility index (Phi) is 6.92. The van der Waals surface area contributed by atoms with Gasteiger partial charge in [-0.2, -0.15) is 5.10 Å². The highest BCUT2D eigenvalue weighted by molar-refractivity contribution is 5.80. The molecule has 2 aliphatic rings. The molecule has 4 heterocycles. The number of piperidine rings is 1. The maximum absolute atomic E-state index is 5.97. The summed E-state index contributed by atoms with van der Waals surface area (Å²) in [6, 6.07) is 0. The summed E-state index contributed by atoms with van der Waals surface area (Å²) in [5, 5.41) is 7.89. The van der Waals surface area contributed by atoms with Crippen LogP contribution in [0.15, 0.2) is 21.8 Å². The van der Waals surface area contributed by atoms with E-state index in [0.29, 0.717) is 12.5 Å². The number of morpholine rings is 1. The highest BCUT2D eigenvalue weighted by atomic mass is 16.5. The number of likely N-dealkylation sites (tertiary alicyclic amines) is 1. The molecule has 1 atom stereocenters. The largest absolute Gasteiger partial charge is 0.444 e. The number of guanidine groups is 1. The molecule has 170 valence electrons. The molecule has 1 N–H and O–H groups in total. The zero-order valence-corrected chi connectivity index (χ0v) is 19.2. The minimum absolute atomic E-state index is 0.0340. The number of aliphatic imine (C=N–C) groups is 1. The first kappa shape index (κ1) is 21.8. The molecular weight excluding hydrogens is 394 g/mol. The molecule has 0 spiro atoms. The molecule has 2 fully saturated rings. The second-order valence-corrected chi connectivity index (χ2v) is 8.65. The average Bonchev–Trinajstić information content (AvgIpc) is 3.34. The minimum Gasteiger partial charge on any atom is -0.444 e. The molecule has 4 rings (SSSR count). The number of nitrogens with one attached hydrogen (secondary N) is 1. The Morgan fingerprint density at radius 3 is 2.71 bits per heavy atom. The number of hydrogen-bond donors (Lipinski definition) is 1. The molecule has 0 amide bonds. The van der Waals surface area contributed by atoms with E-state index in [-0.39, 0.29) is 6.10 Å². The average molecular weight is 430 g/mol. The third-order valence-corrected chi connectivity index (χ3v) is 6.36. The fourth-order valence-electron chi connectivity index (χ4n) is 4.36. The predicted octanol–water partition coefficient (Wildman–Crippen LogP) is 1.89. The molecule has 9 nitrogen and oxygen atoms in total. The summed E-state index contributed by atoms with van der Waals surface area (Å²) in [6.07, 6.45) is 6.29. The molecule has 2 aliphatic heterocycles. The van der Waals surface area contributed by atoms with Gasteiger partial charge >= 0.3 is 0 Å². The van der Waals surface area contributed by atoms with Gasteiger partial charge in [-0.3, -0.25) is 14.6 Å². The van der Waals surface area contributed by atoms with Gasteiger partial charge in [0, 0.05) is 38.9 Å². The molecule has 2 saturated heterocycles. The molecule has 9 heteroatoms. The van der Waals surface area contributed by atoms with Crippen LogP contribution in [0.1, 0.15) is 41.9 Å². The molecule has 0 saturated carbocycles. The lowest BCUT2D eigenvalue weighted by atomic mass is 9.97. The van der Waals surface area contributed by atoms with Gasteiger partial charge in [0.05, 0.1) is 31.6 Å². The summed E-state index contributed by atoms with van der Waals surface area (Å²) in [5.41, 5.74) is 2.11. The first-order valence-corrected chi connectivity index (χ1v) is 11.2. The molecule has 0 aliphatic carbocycles. The van der Waals surface area contributed by atoms with E-state index in [9.17, 15) is 0 Å². The number of ether oxygens (including phenoxy) is 1. The second kappa shape index (κ2) is 9.82. The van der Waals surface area contributed by atoms with Gasteiger partial charge in [-0.15, -0.1) is 0 Å². The maximum Gasteiger partial charge on any atom is 0.208 e. The highest BCUT2D eigenvalue weighted by Crippen LogP contribution is 2.22. The van der Waals surface area contributed by atoms with Gasteiger partial charge in [-0.25, -0.2) is 4.98 Å². The van der Waals surface area contributed by atoms with Crippen molar-refractivity contribution in [2.45, 2.75) is 39.3 Å². The van der Waals surface area contributed by atoms with Crippen LogP contribution in [0, 0.1) is 19.8 Å². The lowest BCUT2D eigenvalue weighted by Crippen LogP contribution is -2.49. The van der Waals surface area contributed by atoms with Crippen LogP contribution in [0.3, 0.4) is 0 Å². The van der Waals surface area contributed by atoms with Crippen molar-refractivity contribution in [2.75, 3.05) is 46.4 Å². The monoisotopic (exact) mass is 429 g/mol. The van der Waals surface area contributed by atoms with Gasteiger partial charge in [0.25, 0.3) is 0 Å². The Hall–Kier alpha value is -2.39. The fourth-order valence-corrected chi connectivity index (χ4v) is 4.36. The van der Waals surface area contributed by atoms with Gasteiger partial charge in [0.1, 0.15) is 11.9 Å². The van der Waals surface area contributed by atoms with Crippen molar-refractivity contribution in [1.82, 2.24) is 29.9 Å². The van der Waals surface area contributed by atoms with Crippen LogP contribution in [0.5, 0.6) is 0 Å². The van der Waals surface area contributed by atoms with E-state index in [2.05, 4.69) is 30.2 Å². The van der Waals surface area contributed by atoms with Crippen molar-refractivity contribution < 1.29 is 9.15 Å². The summed E-state index contributed by atoms with van der Waals surface area (Å²) in [6.45, 7) is 10.2. The number of aromatic nitrogens is 3. The van der Waals surface area contributed by atoms with Crippen LogP contribution in [-0.4, -0.2) is 76.9 Å². The lowest BCUT2D eigenvalue weighted by Gasteiger charge is -2.36. The van der Waals surface area contributed by atoms with Crippen LogP contribution in [0.25, 0.3) is 0 Å². The van der Waals surface area contributed by atoms with Gasteiger partial charge in [-0.05, 0) is 45.7 Å². The Balaban J connectivity index is 1.23. The zero-order valence-electron chi connectivity index (χ0n) is 19.2. The molecule has 31 heavy (non-hydrogen) atoms. The second-order valence-electron chi connectivity index (χ2n) is 8.65. The fraction of sp³-hybridized carbons (Fsp3) is 0.682. The van der Waals surface area contributed by atoms with Crippen molar-refractivity contribution in [1.29, 1.82) is 0 Å². The lowest BCUT2D eigenvalue weighted by molar-refractivity contribution is -0.00813. The number of aryl methyl sites for hydroxylation is 3. The third-order valence-electron chi connectivity index (χ3n) is 6.36. The summed E-state index contributed by atoms with van der Waals surface area (Å²) in [5.74, 6) is 3.37. The normalized spacial score (nSPS) is 21.6. The van der Waals surface area contributed by atoms with Crippen molar-refractivity contribution in [3.63, 3.8) is 0 Å². The van der Waals surface area contributed by atoms with Gasteiger partial charge in [0.2, 0.25) is 5.89 Å². The Morgan fingerprint density at radius 1 is 1.26 bits per heavy atom. The Morgan fingerprint density at radius 2 is 2.06 bits per heavy atom. The molecular formula is C22H35N7O2. The SMILES string of the molecule is CN=C(NCC1CCN(Cc2nc(C)c(C)o2)CC1)N1CCOC(c2cnn(C)c2)C1. The molecule has 1 unspecified atom stereocenters. The van der Waals surface area contributed by atoms with Crippen molar-refractivity contribution in [3.8, 4) is 0 Å². The molecule has 2 aromatic heterocycles. The number of hydrogen-bond acceptors (Lipinski definition) is 6. The number of oxazole rings is 1. The van der Waals surface area contributed by atoms with Crippen LogP contribution >= 0.6 is 0 Å². The molecule has 0 bridgehead atoms. The van der Waals surface area contributed by atoms with E-state index >= 15 is 0 Å². The van der Waals surface area contributed by atoms with E-state index in [4.69, 9.17) is 9.15 Å². The van der Waals surface area contributed by atoms with Crippen LogP contribution in [-0.2, 0) is 18.3 Å². The Labute approximate surface area is 184 Å². The number of nitrogens with zero attached hydrogens (tertiary/aromatic N) is 6. The first-order chi connectivity index (χ1) is 15.0.